The predicted molar refractivity (Wildman–Crippen MR) is 78.4 cm³/mol. The van der Waals surface area contributed by atoms with Gasteiger partial charge in [0.1, 0.15) is 12.4 Å². The molecule has 0 N–H and O–H groups in total. The van der Waals surface area contributed by atoms with E-state index < -0.39 is 4.92 Å². The number of halogens is 1. The van der Waals surface area contributed by atoms with Crippen molar-refractivity contribution in [3.8, 4) is 5.75 Å². The number of para-hydroxylation sites is 1. The summed E-state index contributed by atoms with van der Waals surface area (Å²) in [6.07, 6.45) is 0. The van der Waals surface area contributed by atoms with Gasteiger partial charge in [0, 0.05) is 17.7 Å². The summed E-state index contributed by atoms with van der Waals surface area (Å²) in [6, 6.07) is 10.3. The third-order valence-electron chi connectivity index (χ3n) is 3.03. The van der Waals surface area contributed by atoms with E-state index in [1.165, 1.54) is 12.1 Å². The van der Waals surface area contributed by atoms with Gasteiger partial charge < -0.3 is 4.74 Å². The number of aryl methyl sites for hydroxylation is 2. The SMILES string of the molecule is Cc1cccc(C)c1OCc1ccc([N+](=O)[O-])cc1Cl. The molecule has 0 atom stereocenters. The van der Waals surface area contributed by atoms with Crippen LogP contribution in [0.4, 0.5) is 5.69 Å². The molecule has 0 aliphatic rings. The van der Waals surface area contributed by atoms with Gasteiger partial charge >= 0.3 is 0 Å². The van der Waals surface area contributed by atoms with Crippen LogP contribution in [0.15, 0.2) is 36.4 Å². The molecule has 0 saturated heterocycles. The molecule has 0 bridgehead atoms. The Balaban J connectivity index is 2.17. The molecule has 2 rings (SSSR count). The van der Waals surface area contributed by atoms with Gasteiger partial charge in [0.25, 0.3) is 5.69 Å². The number of nitro benzene ring substituents is 1. The summed E-state index contributed by atoms with van der Waals surface area (Å²) in [5, 5.41) is 11.0. The second-order valence-electron chi connectivity index (χ2n) is 4.54. The van der Waals surface area contributed by atoms with E-state index in [9.17, 15) is 10.1 Å². The first-order valence-electron chi connectivity index (χ1n) is 6.11. The summed E-state index contributed by atoms with van der Waals surface area (Å²) in [5.41, 5.74) is 2.79. The van der Waals surface area contributed by atoms with Crippen LogP contribution in [0.5, 0.6) is 5.75 Å². The van der Waals surface area contributed by atoms with Crippen LogP contribution in [0.3, 0.4) is 0 Å². The number of nitrogens with zero attached hydrogens (tertiary/aromatic N) is 1. The summed E-state index contributed by atoms with van der Waals surface area (Å²) in [4.78, 5) is 10.2. The van der Waals surface area contributed by atoms with Crippen molar-refractivity contribution in [3.05, 3.63) is 68.2 Å². The lowest BCUT2D eigenvalue weighted by Crippen LogP contribution is -2.00. The topological polar surface area (TPSA) is 52.4 Å². The minimum atomic E-state index is -0.470. The molecule has 0 aliphatic carbocycles. The summed E-state index contributed by atoms with van der Waals surface area (Å²) in [5.74, 6) is 0.821. The highest BCUT2D eigenvalue weighted by atomic mass is 35.5. The first kappa shape index (κ1) is 14.3. The minimum Gasteiger partial charge on any atom is -0.488 e. The number of nitro groups is 1. The second kappa shape index (κ2) is 5.92. The first-order chi connectivity index (χ1) is 9.49. The molecular weight excluding hydrogens is 278 g/mol. The highest BCUT2D eigenvalue weighted by molar-refractivity contribution is 6.31. The maximum Gasteiger partial charge on any atom is 0.270 e. The van der Waals surface area contributed by atoms with E-state index >= 15 is 0 Å². The third-order valence-corrected chi connectivity index (χ3v) is 3.38. The lowest BCUT2D eigenvalue weighted by Gasteiger charge is -2.12. The Labute approximate surface area is 122 Å². The standard InChI is InChI=1S/C15H14ClNO3/c1-10-4-3-5-11(2)15(10)20-9-12-6-7-13(17(18)19)8-14(12)16/h3-8H,9H2,1-2H3. The molecule has 20 heavy (non-hydrogen) atoms. The zero-order valence-corrected chi connectivity index (χ0v) is 12.0. The molecule has 0 radical (unpaired) electrons. The summed E-state index contributed by atoms with van der Waals surface area (Å²) in [6.45, 7) is 4.22. The van der Waals surface area contributed by atoms with Crippen LogP contribution in [0.25, 0.3) is 0 Å². The summed E-state index contributed by atoms with van der Waals surface area (Å²) in [7, 11) is 0. The quantitative estimate of drug-likeness (QED) is 0.618. The van der Waals surface area contributed by atoms with Crippen molar-refractivity contribution in [1.82, 2.24) is 0 Å². The highest BCUT2D eigenvalue weighted by Gasteiger charge is 2.10. The Bertz CT molecular complexity index is 635. The average molecular weight is 292 g/mol. The van der Waals surface area contributed by atoms with E-state index in [1.54, 1.807) is 6.07 Å². The molecule has 4 nitrogen and oxygen atoms in total. The summed E-state index contributed by atoms with van der Waals surface area (Å²) < 4.78 is 5.78. The van der Waals surface area contributed by atoms with Gasteiger partial charge in [0.05, 0.1) is 9.95 Å². The van der Waals surface area contributed by atoms with Crippen LogP contribution in [-0.4, -0.2) is 4.92 Å². The number of non-ortho nitro benzene ring substituents is 1. The van der Waals surface area contributed by atoms with Crippen LogP contribution < -0.4 is 4.74 Å². The zero-order chi connectivity index (χ0) is 14.7. The molecule has 2 aromatic rings. The Kier molecular flexibility index (Phi) is 4.25. The Hall–Kier alpha value is -2.07. The molecule has 0 amide bonds. The normalized spacial score (nSPS) is 10.3. The minimum absolute atomic E-state index is 0.0224. The molecule has 0 spiro atoms. The molecule has 2 aromatic carbocycles. The third kappa shape index (κ3) is 3.08. The fraction of sp³-hybridized carbons (Fsp3) is 0.200. The van der Waals surface area contributed by atoms with Crippen molar-refractivity contribution in [1.29, 1.82) is 0 Å². The van der Waals surface area contributed by atoms with Crippen LogP contribution in [-0.2, 0) is 6.61 Å². The first-order valence-corrected chi connectivity index (χ1v) is 6.48. The van der Waals surface area contributed by atoms with Gasteiger partial charge in [-0.1, -0.05) is 29.8 Å². The fourth-order valence-corrected chi connectivity index (χ4v) is 2.17. The van der Waals surface area contributed by atoms with E-state index in [1.807, 2.05) is 32.0 Å². The number of hydrogen-bond donors (Lipinski definition) is 0. The molecule has 0 unspecified atom stereocenters. The molecule has 0 saturated carbocycles. The van der Waals surface area contributed by atoms with Gasteiger partial charge in [-0.3, -0.25) is 10.1 Å². The lowest BCUT2D eigenvalue weighted by molar-refractivity contribution is -0.384. The van der Waals surface area contributed by atoms with E-state index in [2.05, 4.69) is 0 Å². The number of ether oxygens (including phenoxy) is 1. The van der Waals surface area contributed by atoms with Crippen molar-refractivity contribution in [3.63, 3.8) is 0 Å². The Morgan fingerprint density at radius 2 is 1.85 bits per heavy atom. The van der Waals surface area contributed by atoms with Crippen LogP contribution in [0.1, 0.15) is 16.7 Å². The van der Waals surface area contributed by atoms with Crippen LogP contribution >= 0.6 is 11.6 Å². The highest BCUT2D eigenvalue weighted by Crippen LogP contribution is 2.26. The molecule has 0 heterocycles. The molecule has 0 fully saturated rings. The maximum atomic E-state index is 10.6. The number of rotatable bonds is 4. The average Bonchev–Trinajstić information content (AvgIpc) is 2.39. The molecule has 104 valence electrons. The van der Waals surface area contributed by atoms with Crippen molar-refractivity contribution >= 4 is 17.3 Å². The van der Waals surface area contributed by atoms with Crippen LogP contribution in [0, 0.1) is 24.0 Å². The zero-order valence-electron chi connectivity index (χ0n) is 11.2. The van der Waals surface area contributed by atoms with Gasteiger partial charge in [0.2, 0.25) is 0 Å². The lowest BCUT2D eigenvalue weighted by atomic mass is 10.1. The summed E-state index contributed by atoms with van der Waals surface area (Å²) >= 11 is 6.03. The van der Waals surface area contributed by atoms with Gasteiger partial charge in [-0.05, 0) is 31.0 Å². The number of hydrogen-bond acceptors (Lipinski definition) is 3. The molecule has 5 heteroatoms. The largest absolute Gasteiger partial charge is 0.488 e. The van der Waals surface area contributed by atoms with Crippen LogP contribution in [0.2, 0.25) is 5.02 Å². The van der Waals surface area contributed by atoms with Crippen molar-refractivity contribution in [2.75, 3.05) is 0 Å². The van der Waals surface area contributed by atoms with Gasteiger partial charge in [-0.25, -0.2) is 0 Å². The van der Waals surface area contributed by atoms with Crippen molar-refractivity contribution < 1.29 is 9.66 Å². The Morgan fingerprint density at radius 3 is 2.40 bits per heavy atom. The fourth-order valence-electron chi connectivity index (χ4n) is 1.94. The van der Waals surface area contributed by atoms with Crippen molar-refractivity contribution in [2.24, 2.45) is 0 Å². The van der Waals surface area contributed by atoms with Gasteiger partial charge in [0.15, 0.2) is 0 Å². The monoisotopic (exact) mass is 291 g/mol. The predicted octanol–water partition coefficient (Wildman–Crippen LogP) is 4.44. The van der Waals surface area contributed by atoms with E-state index in [-0.39, 0.29) is 12.3 Å². The Morgan fingerprint density at radius 1 is 1.20 bits per heavy atom. The second-order valence-corrected chi connectivity index (χ2v) is 4.95. The van der Waals surface area contributed by atoms with E-state index in [4.69, 9.17) is 16.3 Å². The smallest absolute Gasteiger partial charge is 0.270 e. The molecule has 0 aromatic heterocycles. The maximum absolute atomic E-state index is 10.6. The van der Waals surface area contributed by atoms with Crippen molar-refractivity contribution in [2.45, 2.75) is 20.5 Å². The van der Waals surface area contributed by atoms with Gasteiger partial charge in [-0.15, -0.1) is 0 Å². The molecular formula is C15H14ClNO3. The number of benzene rings is 2. The van der Waals surface area contributed by atoms with E-state index in [0.29, 0.717) is 5.02 Å². The van der Waals surface area contributed by atoms with E-state index in [0.717, 1.165) is 22.4 Å². The molecule has 0 aliphatic heterocycles. The van der Waals surface area contributed by atoms with Gasteiger partial charge in [-0.2, -0.15) is 0 Å².